The quantitative estimate of drug-likeness (QED) is 0.573. The van der Waals surface area contributed by atoms with Crippen molar-refractivity contribution in [1.29, 1.82) is 0 Å². The largest absolute Gasteiger partial charge is 0.508 e. The van der Waals surface area contributed by atoms with E-state index in [2.05, 4.69) is 20.8 Å². The van der Waals surface area contributed by atoms with Crippen molar-refractivity contribution >= 4 is 12.3 Å². The number of methoxy groups -OCH3 is 1. The zero-order valence-corrected chi connectivity index (χ0v) is 18.2. The van der Waals surface area contributed by atoms with E-state index in [0.29, 0.717) is 29.4 Å². The number of benzene rings is 1. The lowest BCUT2D eigenvalue weighted by molar-refractivity contribution is -0.259. The summed E-state index contributed by atoms with van der Waals surface area (Å²) < 4.78 is 11.8. The molecule has 6 heteroatoms. The molecule has 1 aromatic carbocycles. The van der Waals surface area contributed by atoms with Gasteiger partial charge in [0.1, 0.15) is 35.1 Å². The van der Waals surface area contributed by atoms with Crippen molar-refractivity contribution in [3.05, 3.63) is 34.9 Å². The molecule has 3 aliphatic rings. The first-order valence-corrected chi connectivity index (χ1v) is 10.5. The number of fused-ring (bicyclic) bond motifs is 3. The topological polar surface area (TPSA) is 93.1 Å². The second-order valence-electron chi connectivity index (χ2n) is 10.2. The third-order valence-electron chi connectivity index (χ3n) is 7.83. The van der Waals surface area contributed by atoms with Crippen molar-refractivity contribution in [3.63, 3.8) is 0 Å². The van der Waals surface area contributed by atoms with Gasteiger partial charge in [-0.25, -0.2) is 4.79 Å². The Balaban J connectivity index is 1.69. The number of carbonyl (C=O) groups excluding carboxylic acids is 2. The summed E-state index contributed by atoms with van der Waals surface area (Å²) in [6.07, 6.45) is 4.88. The van der Waals surface area contributed by atoms with Crippen LogP contribution >= 0.6 is 0 Å². The number of esters is 1. The molecule has 162 valence electrons. The molecule has 0 radical (unpaired) electrons. The molecule has 0 heterocycles. The molecular formula is C24H30O6. The van der Waals surface area contributed by atoms with Crippen LogP contribution in [-0.4, -0.2) is 41.3 Å². The highest BCUT2D eigenvalue weighted by molar-refractivity contribution is 5.94. The summed E-state index contributed by atoms with van der Waals surface area (Å²) in [6.45, 7) is 8.27. The van der Waals surface area contributed by atoms with Crippen LogP contribution in [0.1, 0.15) is 56.0 Å². The Morgan fingerprint density at radius 1 is 1.17 bits per heavy atom. The molecule has 5 atom stereocenters. The first-order valence-electron chi connectivity index (χ1n) is 10.5. The highest BCUT2D eigenvalue weighted by Crippen LogP contribution is 2.69. The molecule has 2 N–H and O–H groups in total. The third kappa shape index (κ3) is 2.66. The van der Waals surface area contributed by atoms with Crippen LogP contribution < -0.4 is 0 Å². The summed E-state index contributed by atoms with van der Waals surface area (Å²) in [6, 6.07) is 2.51. The van der Waals surface area contributed by atoms with Crippen molar-refractivity contribution in [2.24, 2.45) is 22.7 Å². The Kier molecular flexibility index (Phi) is 4.59. The molecule has 0 aliphatic heterocycles. The fourth-order valence-corrected chi connectivity index (χ4v) is 6.63. The van der Waals surface area contributed by atoms with E-state index in [-0.39, 0.29) is 27.9 Å². The highest BCUT2D eigenvalue weighted by atomic mass is 16.6. The number of hydrogen-bond donors (Lipinski definition) is 2. The van der Waals surface area contributed by atoms with Gasteiger partial charge in [-0.15, -0.1) is 0 Å². The van der Waals surface area contributed by atoms with Gasteiger partial charge in [-0.05, 0) is 55.1 Å². The van der Waals surface area contributed by atoms with Crippen molar-refractivity contribution in [1.82, 2.24) is 0 Å². The summed E-state index contributed by atoms with van der Waals surface area (Å²) in [5.74, 6) is -0.492. The van der Waals surface area contributed by atoms with Crippen molar-refractivity contribution in [3.8, 4) is 11.5 Å². The predicted molar refractivity (Wildman–Crippen MR) is 110 cm³/mol. The van der Waals surface area contributed by atoms with Crippen molar-refractivity contribution < 1.29 is 29.3 Å². The Morgan fingerprint density at radius 2 is 1.87 bits per heavy atom. The van der Waals surface area contributed by atoms with Gasteiger partial charge >= 0.3 is 5.97 Å². The lowest BCUT2D eigenvalue weighted by atomic mass is 9.44. The summed E-state index contributed by atoms with van der Waals surface area (Å²) >= 11 is 0. The van der Waals surface area contributed by atoms with Crippen molar-refractivity contribution in [2.75, 3.05) is 7.11 Å². The molecule has 0 saturated heterocycles. The summed E-state index contributed by atoms with van der Waals surface area (Å²) in [5, 5.41) is 19.8. The van der Waals surface area contributed by atoms with Crippen LogP contribution in [0.5, 0.6) is 11.5 Å². The normalized spacial score (nSPS) is 36.2. The molecule has 0 amide bonds. The highest BCUT2D eigenvalue weighted by Gasteiger charge is 2.73. The van der Waals surface area contributed by atoms with Crippen LogP contribution in [0.2, 0.25) is 0 Å². The zero-order chi connectivity index (χ0) is 22.1. The number of aromatic hydroxyl groups is 2. The van der Waals surface area contributed by atoms with Gasteiger partial charge in [0.25, 0.3) is 0 Å². The summed E-state index contributed by atoms with van der Waals surface area (Å²) in [5.41, 5.74) is -0.154. The summed E-state index contributed by atoms with van der Waals surface area (Å²) in [4.78, 5) is 25.0. The van der Waals surface area contributed by atoms with E-state index in [9.17, 15) is 19.8 Å². The number of aldehydes is 1. The second kappa shape index (κ2) is 6.58. The fourth-order valence-electron chi connectivity index (χ4n) is 6.63. The molecule has 3 aliphatic carbocycles. The zero-order valence-electron chi connectivity index (χ0n) is 18.2. The smallest absolute Gasteiger partial charge is 0.342 e. The molecule has 4 rings (SSSR count). The van der Waals surface area contributed by atoms with Crippen LogP contribution in [-0.2, 0) is 14.3 Å². The molecular weight excluding hydrogens is 384 g/mol. The van der Waals surface area contributed by atoms with E-state index in [4.69, 9.17) is 9.47 Å². The Bertz CT molecular complexity index is 924. The summed E-state index contributed by atoms with van der Waals surface area (Å²) in [7, 11) is 1.57. The van der Waals surface area contributed by atoms with Gasteiger partial charge in [-0.2, -0.15) is 0 Å². The van der Waals surface area contributed by atoms with Gasteiger partial charge in [0.2, 0.25) is 0 Å². The molecule has 6 nitrogen and oxygen atoms in total. The second-order valence-corrected chi connectivity index (χ2v) is 10.2. The maximum atomic E-state index is 12.9. The van der Waals surface area contributed by atoms with E-state index in [1.54, 1.807) is 14.0 Å². The maximum Gasteiger partial charge on any atom is 0.342 e. The molecule has 0 bridgehead atoms. The number of rotatable bonds is 4. The predicted octanol–water partition coefficient (Wildman–Crippen LogP) is 3.92. The van der Waals surface area contributed by atoms with Crippen LogP contribution in [0, 0.1) is 29.6 Å². The fraction of sp³-hybridized carbons (Fsp3) is 0.583. The first-order chi connectivity index (χ1) is 14.0. The van der Waals surface area contributed by atoms with Gasteiger partial charge in [0, 0.05) is 24.2 Å². The minimum absolute atomic E-state index is 0.0139. The minimum Gasteiger partial charge on any atom is -0.508 e. The van der Waals surface area contributed by atoms with E-state index in [0.717, 1.165) is 25.2 Å². The van der Waals surface area contributed by atoms with Gasteiger partial charge < -0.3 is 19.7 Å². The molecule has 30 heavy (non-hydrogen) atoms. The number of allylic oxidation sites excluding steroid dienone is 1. The van der Waals surface area contributed by atoms with E-state index in [1.807, 2.05) is 6.08 Å². The molecule has 0 spiro atoms. The van der Waals surface area contributed by atoms with Crippen LogP contribution in [0.3, 0.4) is 0 Å². The average molecular weight is 414 g/mol. The third-order valence-corrected chi connectivity index (χ3v) is 7.83. The lowest BCUT2D eigenvalue weighted by Crippen LogP contribution is -2.73. The van der Waals surface area contributed by atoms with Crippen LogP contribution in [0.4, 0.5) is 0 Å². The van der Waals surface area contributed by atoms with E-state index >= 15 is 0 Å². The number of aryl methyl sites for hydroxylation is 1. The van der Waals surface area contributed by atoms with E-state index in [1.165, 1.54) is 6.07 Å². The van der Waals surface area contributed by atoms with E-state index < -0.39 is 17.7 Å². The van der Waals surface area contributed by atoms with Gasteiger partial charge in [-0.1, -0.05) is 26.8 Å². The SMILES string of the molecule is CO[C@@]12C(C=O)=C[C@@H]3CC(C)(C)C[C@@H]3[C@@]1(C)C[C@H]2OC(=O)c1c(C)cc(O)cc1O. The van der Waals surface area contributed by atoms with Gasteiger partial charge in [0.05, 0.1) is 0 Å². The molecule has 0 unspecified atom stereocenters. The minimum atomic E-state index is -0.994. The number of hydrogen-bond acceptors (Lipinski definition) is 6. The lowest BCUT2D eigenvalue weighted by Gasteiger charge is -2.66. The molecule has 0 aromatic heterocycles. The standard InChI is InChI=1S/C24H30O6/c1-13-6-16(26)8-18(27)20(13)21(28)30-19-11-23(4)17-10-22(2,3)9-14(17)7-15(12-25)24(19,23)29-5/h6-8,12,14,17,19,26-27H,9-11H2,1-5H3/t14-,17+,19-,23-,24-/m1/s1. The van der Waals surface area contributed by atoms with Crippen molar-refractivity contribution in [2.45, 2.75) is 58.7 Å². The number of ether oxygens (including phenoxy) is 2. The first kappa shape index (κ1) is 20.9. The van der Waals surface area contributed by atoms with Crippen LogP contribution in [0.25, 0.3) is 0 Å². The number of phenolic OH excluding ortho intramolecular Hbond substituents is 2. The Morgan fingerprint density at radius 3 is 2.47 bits per heavy atom. The monoisotopic (exact) mass is 414 g/mol. The molecule has 2 fully saturated rings. The van der Waals surface area contributed by atoms with Gasteiger partial charge in [0.15, 0.2) is 0 Å². The molecule has 2 saturated carbocycles. The Hall–Kier alpha value is -2.34. The molecule has 1 aromatic rings. The average Bonchev–Trinajstić information content (AvgIpc) is 2.94. The number of carbonyl (C=O) groups is 2. The number of phenols is 2. The Labute approximate surface area is 176 Å². The van der Waals surface area contributed by atoms with Gasteiger partial charge in [-0.3, -0.25) is 4.79 Å². The maximum absolute atomic E-state index is 12.9. The van der Waals surface area contributed by atoms with Crippen LogP contribution in [0.15, 0.2) is 23.8 Å².